The molecule has 0 aliphatic rings. The number of Topliss-reactive ketones (excluding diaryl/α,β-unsaturated/α-hetero) is 1. The molecule has 27 heteroatoms. The van der Waals surface area contributed by atoms with Crippen LogP contribution in [-0.2, 0) is 11.3 Å². The maximum Gasteiger partial charge on any atom is 0.364 e. The molecule has 0 N–H and O–H groups in total. The first-order valence-corrected chi connectivity index (χ1v) is 17.5. The first kappa shape index (κ1) is 49.4. The van der Waals surface area contributed by atoms with Crippen LogP contribution in [-0.4, -0.2) is 28.8 Å². The number of esters is 1. The molecule has 0 atom stereocenters. The molecule has 0 aliphatic carbocycles. The van der Waals surface area contributed by atoms with E-state index in [0.29, 0.717) is 5.56 Å². The Kier molecular flexibility index (Phi) is 14.3. The number of hydrogen-bond acceptors (Lipinski definition) is 5. The molecule has 5 nitrogen and oxygen atoms in total. The Labute approximate surface area is 352 Å². The van der Waals surface area contributed by atoms with Crippen LogP contribution >= 0.6 is 12.6 Å². The topological polar surface area (TPSA) is 60.1 Å². The summed E-state index contributed by atoms with van der Waals surface area (Å²) in [5.74, 6) is -72.0. The Hall–Kier alpha value is -6.67. The van der Waals surface area contributed by atoms with Crippen molar-refractivity contribution in [2.45, 2.75) is 6.54 Å². The Balaban J connectivity index is 0.000000330. The molecular formula is C38H13BF20N2O3S. The predicted molar refractivity (Wildman–Crippen MR) is 184 cm³/mol. The van der Waals surface area contributed by atoms with Gasteiger partial charge in [0.25, 0.3) is 0 Å². The van der Waals surface area contributed by atoms with E-state index < -0.39 is 150 Å². The summed E-state index contributed by atoms with van der Waals surface area (Å²) < 4.78 is 300. The highest BCUT2D eigenvalue weighted by Gasteiger charge is 2.52. The SMILES string of the molecule is Fc1c(F)c(F)c([B-](c2c(F)c(F)c(F)c(F)c2F)(c2c(F)c(F)c(F)c(F)c2F)c2c(F)c(F)c(F)c(F)c2F)c(F)c1F.O=C(C[n+]1ccnc(C(=O)OCS)c1)c1ccccc1. The third-order valence-corrected chi connectivity index (χ3v) is 9.42. The highest BCUT2D eigenvalue weighted by molar-refractivity contribution is 7.80. The molecule has 6 aromatic rings. The van der Waals surface area contributed by atoms with Gasteiger partial charge in [-0.1, -0.05) is 30.3 Å². The van der Waals surface area contributed by atoms with Gasteiger partial charge in [0, 0.05) is 5.56 Å². The van der Waals surface area contributed by atoms with E-state index in [1.54, 1.807) is 35.0 Å². The van der Waals surface area contributed by atoms with Crippen molar-refractivity contribution < 1.29 is 107 Å². The Morgan fingerprint density at radius 1 is 0.477 bits per heavy atom. The zero-order chi connectivity index (χ0) is 48.7. The highest BCUT2D eigenvalue weighted by atomic mass is 32.1. The molecule has 6 rings (SSSR count). The average Bonchev–Trinajstić information content (AvgIpc) is 3.29. The van der Waals surface area contributed by atoms with Gasteiger partial charge in [0.1, 0.15) is 58.6 Å². The van der Waals surface area contributed by atoms with Gasteiger partial charge in [-0.15, -0.1) is 34.5 Å². The highest BCUT2D eigenvalue weighted by Crippen LogP contribution is 2.30. The van der Waals surface area contributed by atoms with Crippen molar-refractivity contribution in [2.75, 3.05) is 5.94 Å². The molecule has 0 bridgehead atoms. The molecule has 0 radical (unpaired) electrons. The van der Waals surface area contributed by atoms with E-state index in [9.17, 15) is 62.3 Å². The van der Waals surface area contributed by atoms with Gasteiger partial charge in [-0.05, 0) is 0 Å². The number of ether oxygens (including phenoxy) is 1. The summed E-state index contributed by atoms with van der Waals surface area (Å²) in [7, 11) is 0. The number of nitrogens with zero attached hydrogens (tertiary/aromatic N) is 2. The molecule has 65 heavy (non-hydrogen) atoms. The first-order valence-electron chi connectivity index (χ1n) is 16.9. The molecule has 0 saturated heterocycles. The second-order valence-electron chi connectivity index (χ2n) is 12.8. The van der Waals surface area contributed by atoms with Gasteiger partial charge >= 0.3 is 5.97 Å². The van der Waals surface area contributed by atoms with Crippen LogP contribution in [0.5, 0.6) is 0 Å². The van der Waals surface area contributed by atoms with Crippen molar-refractivity contribution in [1.29, 1.82) is 0 Å². The van der Waals surface area contributed by atoms with Gasteiger partial charge in [0.15, 0.2) is 76.0 Å². The van der Waals surface area contributed by atoms with Crippen LogP contribution in [0.2, 0.25) is 0 Å². The zero-order valence-electron chi connectivity index (χ0n) is 30.7. The Bertz CT molecular complexity index is 2550. The zero-order valence-corrected chi connectivity index (χ0v) is 31.6. The number of aromatic nitrogens is 2. The predicted octanol–water partition coefficient (Wildman–Crippen LogP) is 7.14. The van der Waals surface area contributed by atoms with Gasteiger partial charge in [0.05, 0.1) is 6.20 Å². The summed E-state index contributed by atoms with van der Waals surface area (Å²) in [6, 6.07) is 8.96. The van der Waals surface area contributed by atoms with Gasteiger partial charge in [0.2, 0.25) is 24.2 Å². The molecule has 5 aromatic carbocycles. The molecule has 0 fully saturated rings. The number of halogens is 20. The second-order valence-corrected chi connectivity index (χ2v) is 13.0. The number of carbonyl (C=O) groups excluding carboxylic acids is 2. The van der Waals surface area contributed by atoms with Crippen LogP contribution in [0, 0.1) is 116 Å². The van der Waals surface area contributed by atoms with Crippen molar-refractivity contribution in [3.05, 3.63) is 177 Å². The van der Waals surface area contributed by atoms with Crippen LogP contribution in [0.25, 0.3) is 0 Å². The van der Waals surface area contributed by atoms with Crippen LogP contribution in [0.15, 0.2) is 48.9 Å². The minimum Gasteiger partial charge on any atom is -0.450 e. The number of thiol groups is 1. The van der Waals surface area contributed by atoms with Gasteiger partial charge in [-0.2, -0.15) is 4.57 Å². The summed E-state index contributed by atoms with van der Waals surface area (Å²) in [5.41, 5.74) is -13.6. The van der Waals surface area contributed by atoms with Crippen LogP contribution in [0.4, 0.5) is 87.8 Å². The number of ketones is 1. The third kappa shape index (κ3) is 8.20. The van der Waals surface area contributed by atoms with Gasteiger partial charge < -0.3 is 4.74 Å². The molecule has 1 heterocycles. The second kappa shape index (κ2) is 18.8. The van der Waals surface area contributed by atoms with Crippen LogP contribution in [0.3, 0.4) is 0 Å². The van der Waals surface area contributed by atoms with Gasteiger partial charge in [-0.3, -0.25) is 4.79 Å². The molecule has 0 unspecified atom stereocenters. The Morgan fingerprint density at radius 2 is 0.769 bits per heavy atom. The fraction of sp³-hybridized carbons (Fsp3) is 0.0526. The van der Waals surface area contributed by atoms with Crippen LogP contribution < -0.4 is 26.4 Å². The molecule has 0 amide bonds. The van der Waals surface area contributed by atoms with Crippen molar-refractivity contribution in [2.24, 2.45) is 0 Å². The lowest BCUT2D eigenvalue weighted by Crippen LogP contribution is -2.81. The molecule has 342 valence electrons. The summed E-state index contributed by atoms with van der Waals surface area (Å²) in [4.78, 5) is 27.5. The fourth-order valence-electron chi connectivity index (χ4n) is 6.52. The van der Waals surface area contributed by atoms with E-state index in [0.717, 1.165) is 0 Å². The lowest BCUT2D eigenvalue weighted by Gasteiger charge is -2.44. The van der Waals surface area contributed by atoms with Crippen LogP contribution in [0.1, 0.15) is 20.8 Å². The number of carbonyl (C=O) groups is 2. The largest absolute Gasteiger partial charge is 0.450 e. The fourth-order valence-corrected chi connectivity index (χ4v) is 6.64. The van der Waals surface area contributed by atoms with E-state index >= 15 is 35.1 Å². The number of hydrogen-bond donors (Lipinski definition) is 1. The van der Waals surface area contributed by atoms with E-state index in [4.69, 9.17) is 4.74 Å². The van der Waals surface area contributed by atoms with E-state index in [1.165, 1.54) is 12.4 Å². The molecule has 0 saturated carbocycles. The maximum atomic E-state index is 15.4. The smallest absolute Gasteiger partial charge is 0.364 e. The monoisotopic (exact) mass is 968 g/mol. The van der Waals surface area contributed by atoms with Crippen molar-refractivity contribution >= 4 is 52.4 Å². The van der Waals surface area contributed by atoms with E-state index in [2.05, 4.69) is 17.6 Å². The average molecular weight is 968 g/mol. The lowest BCUT2D eigenvalue weighted by atomic mass is 9.12. The summed E-state index contributed by atoms with van der Waals surface area (Å²) >= 11 is 3.81. The van der Waals surface area contributed by atoms with Crippen molar-refractivity contribution in [3.63, 3.8) is 0 Å². The normalized spacial score (nSPS) is 11.4. The van der Waals surface area contributed by atoms with E-state index in [1.807, 2.05) is 6.07 Å². The summed E-state index contributed by atoms with van der Waals surface area (Å²) in [6.07, 6.45) is -2.66. The maximum absolute atomic E-state index is 15.4. The standard InChI is InChI=1S/C24BF20.C14H12N2O3S/c26-5-1(6(27)14(35)21(42)13(5)34)25(2-7(28)15(36)22(43)16(37)8(2)29,3-9(30)17(38)23(44)18(39)10(3)31)4-11(32)19(40)24(45)20(41)12(4)33;17-13(11-4-2-1-3-5-11)9-16-7-6-15-12(8-16)14(18)19-10-20/h;1-8H,9-10H2/q-1;/p+1. The van der Waals surface area contributed by atoms with Gasteiger partial charge in [-0.25, -0.2) is 97.6 Å². The lowest BCUT2D eigenvalue weighted by molar-refractivity contribution is -0.683. The van der Waals surface area contributed by atoms with E-state index in [-0.39, 0.29) is 24.0 Å². The van der Waals surface area contributed by atoms with Crippen molar-refractivity contribution in [1.82, 2.24) is 4.98 Å². The molecule has 0 aliphatic heterocycles. The number of benzene rings is 5. The molecular weight excluding hydrogens is 955 g/mol. The summed E-state index contributed by atoms with van der Waals surface area (Å²) in [6.45, 7) is 0.133. The van der Waals surface area contributed by atoms with Crippen molar-refractivity contribution in [3.8, 4) is 0 Å². The minimum absolute atomic E-state index is 0.0155. The first-order chi connectivity index (χ1) is 30.4. The Morgan fingerprint density at radius 3 is 1.06 bits per heavy atom. The minimum atomic E-state index is -7.22. The summed E-state index contributed by atoms with van der Waals surface area (Å²) in [5, 5.41) is 0. The quantitative estimate of drug-likeness (QED) is 0.0193. The molecule has 0 spiro atoms. The number of rotatable bonds is 9. The third-order valence-electron chi connectivity index (χ3n) is 9.29. The molecule has 1 aromatic heterocycles.